The summed E-state index contributed by atoms with van der Waals surface area (Å²) in [5, 5.41) is 14.3. The predicted octanol–water partition coefficient (Wildman–Crippen LogP) is 3.56. The molecule has 0 fully saturated rings. The first-order valence-corrected chi connectivity index (χ1v) is 12.0. The fourth-order valence-corrected chi connectivity index (χ4v) is 3.27. The summed E-state index contributed by atoms with van der Waals surface area (Å²) in [6, 6.07) is 1.86. The Balaban J connectivity index is 0.00000104. The molecule has 0 bridgehead atoms. The number of aromatic nitrogens is 1. The molecule has 0 aromatic carbocycles. The van der Waals surface area contributed by atoms with Gasteiger partial charge >= 0.3 is 6.18 Å². The maximum absolute atomic E-state index is 13.4. The number of nitrogens with one attached hydrogen (secondary N) is 2. The van der Waals surface area contributed by atoms with Gasteiger partial charge in [-0.3, -0.25) is 0 Å². The molecule has 0 amide bonds. The number of pyridine rings is 1. The molecule has 2 heterocycles. The highest BCUT2D eigenvalue weighted by Crippen LogP contribution is 2.33. The van der Waals surface area contributed by atoms with Crippen LogP contribution in [0.5, 0.6) is 0 Å². The zero-order chi connectivity index (χ0) is 27.9. The summed E-state index contributed by atoms with van der Waals surface area (Å²) in [5.41, 5.74) is 12.8. The van der Waals surface area contributed by atoms with E-state index < -0.39 is 12.2 Å². The average molecular weight is 516 g/mol. The Morgan fingerprint density at radius 3 is 2.42 bits per heavy atom. The lowest BCUT2D eigenvalue weighted by atomic mass is 10.1. The van der Waals surface area contributed by atoms with Gasteiger partial charge in [0.05, 0.1) is 5.70 Å². The van der Waals surface area contributed by atoms with Crippen LogP contribution in [0.1, 0.15) is 39.2 Å². The lowest BCUT2D eigenvalue weighted by molar-refractivity contribution is -0.163. The van der Waals surface area contributed by atoms with Crippen LogP contribution in [0.3, 0.4) is 0 Å². The lowest BCUT2D eigenvalue weighted by Gasteiger charge is -2.38. The SMILES string of the molecule is C=CNC1=C(N)N(C)C(C(F)(F)F)C=C1N(C)Cc1ccc(NC)nc1.CC.CC(CO)CCCN. The van der Waals surface area contributed by atoms with Gasteiger partial charge in [-0.25, -0.2) is 4.98 Å². The number of aliphatic hydroxyl groups is 1. The van der Waals surface area contributed by atoms with Crippen molar-refractivity contribution < 1.29 is 18.3 Å². The van der Waals surface area contributed by atoms with Gasteiger partial charge < -0.3 is 37.0 Å². The Hall–Kier alpha value is -2.92. The van der Waals surface area contributed by atoms with Crippen LogP contribution < -0.4 is 22.1 Å². The number of hydrogen-bond acceptors (Lipinski definition) is 8. The number of rotatable bonds is 10. The average Bonchev–Trinajstić information content (AvgIpc) is 2.86. The number of halogens is 3. The third-order valence-electron chi connectivity index (χ3n) is 5.33. The minimum absolute atomic E-state index is 0.000214. The molecule has 1 aromatic rings. The Morgan fingerprint density at radius 1 is 1.33 bits per heavy atom. The zero-order valence-electron chi connectivity index (χ0n) is 22.4. The van der Waals surface area contributed by atoms with E-state index in [4.69, 9.17) is 16.6 Å². The molecular formula is C25H44F3N7O. The molecule has 0 aliphatic carbocycles. The number of aliphatic hydroxyl groups excluding tert-OH is 1. The zero-order valence-corrected chi connectivity index (χ0v) is 22.4. The van der Waals surface area contributed by atoms with Crippen molar-refractivity contribution in [2.24, 2.45) is 17.4 Å². The highest BCUT2D eigenvalue weighted by atomic mass is 19.4. The molecule has 2 rings (SSSR count). The quantitative estimate of drug-likeness (QED) is 0.321. The molecule has 11 heteroatoms. The van der Waals surface area contributed by atoms with Crippen molar-refractivity contribution in [2.45, 2.75) is 52.4 Å². The van der Waals surface area contributed by atoms with E-state index in [1.165, 1.54) is 13.2 Å². The van der Waals surface area contributed by atoms with E-state index in [9.17, 15) is 13.2 Å². The van der Waals surface area contributed by atoms with Gasteiger partial charge in [-0.2, -0.15) is 13.2 Å². The van der Waals surface area contributed by atoms with Crippen LogP contribution >= 0.6 is 0 Å². The first-order chi connectivity index (χ1) is 17.0. The van der Waals surface area contributed by atoms with Crippen molar-refractivity contribution in [2.75, 3.05) is 39.6 Å². The number of nitrogens with two attached hydrogens (primary N) is 2. The molecule has 206 valence electrons. The minimum Gasteiger partial charge on any atom is -0.396 e. The van der Waals surface area contributed by atoms with Gasteiger partial charge in [-0.15, -0.1) is 0 Å². The second kappa shape index (κ2) is 16.7. The molecule has 36 heavy (non-hydrogen) atoms. The smallest absolute Gasteiger partial charge is 0.396 e. The van der Waals surface area contributed by atoms with Gasteiger partial charge in [0.15, 0.2) is 0 Å². The van der Waals surface area contributed by atoms with Crippen molar-refractivity contribution in [1.29, 1.82) is 0 Å². The van der Waals surface area contributed by atoms with Gasteiger partial charge in [0, 0.05) is 40.5 Å². The second-order valence-electron chi connectivity index (χ2n) is 8.13. The van der Waals surface area contributed by atoms with Crippen molar-refractivity contribution in [3.8, 4) is 0 Å². The summed E-state index contributed by atoms with van der Waals surface area (Å²) in [6.45, 7) is 11.0. The highest BCUT2D eigenvalue weighted by Gasteiger charge is 2.44. The second-order valence-corrected chi connectivity index (χ2v) is 8.13. The fraction of sp³-hybridized carbons (Fsp3) is 0.560. The molecule has 8 nitrogen and oxygen atoms in total. The number of hydrogen-bond donors (Lipinski definition) is 5. The largest absolute Gasteiger partial charge is 0.412 e. The summed E-state index contributed by atoms with van der Waals surface area (Å²) >= 11 is 0. The molecule has 7 N–H and O–H groups in total. The fourth-order valence-electron chi connectivity index (χ4n) is 3.27. The number of nitrogens with zero attached hydrogens (tertiary/aromatic N) is 3. The first-order valence-electron chi connectivity index (χ1n) is 12.0. The summed E-state index contributed by atoms with van der Waals surface area (Å²) < 4.78 is 40.2. The Kier molecular flexibility index (Phi) is 15.3. The molecular weight excluding hydrogens is 471 g/mol. The monoisotopic (exact) mass is 515 g/mol. The molecule has 2 atom stereocenters. The van der Waals surface area contributed by atoms with Gasteiger partial charge in [0.1, 0.15) is 23.4 Å². The summed E-state index contributed by atoms with van der Waals surface area (Å²) in [5.74, 6) is 1.14. The number of alkyl halides is 3. The van der Waals surface area contributed by atoms with E-state index >= 15 is 0 Å². The highest BCUT2D eigenvalue weighted by molar-refractivity contribution is 5.39. The van der Waals surface area contributed by atoms with Crippen molar-refractivity contribution in [3.63, 3.8) is 0 Å². The maximum atomic E-state index is 13.4. The van der Waals surface area contributed by atoms with Crippen LogP contribution in [0.25, 0.3) is 0 Å². The van der Waals surface area contributed by atoms with Gasteiger partial charge in [0.2, 0.25) is 0 Å². The van der Waals surface area contributed by atoms with Gasteiger partial charge in [0.25, 0.3) is 0 Å². The van der Waals surface area contributed by atoms with Crippen molar-refractivity contribution in [3.05, 3.63) is 60.0 Å². The predicted molar refractivity (Wildman–Crippen MR) is 141 cm³/mol. The van der Waals surface area contributed by atoms with E-state index in [2.05, 4.69) is 22.2 Å². The standard InChI is InChI=1S/C17H23F3N6.C6H15NO.C2H6/c1-5-23-15-12(8-13(17(18,19)20)26(4)16(15)21)25(3)10-11-6-7-14(22-2)24-9-11;1-6(5-8)3-2-4-7;1-2/h5-9,13,23H,1,10,21H2,2-4H3,(H,22,24);6,8H,2-5,7H2,1H3;1-2H3. The molecule has 0 spiro atoms. The Morgan fingerprint density at radius 2 is 1.97 bits per heavy atom. The topological polar surface area (TPSA) is 116 Å². The third kappa shape index (κ3) is 10.4. The Labute approximate surface area is 213 Å². The molecule has 1 aliphatic rings. The number of anilines is 1. The maximum Gasteiger partial charge on any atom is 0.412 e. The molecule has 0 saturated heterocycles. The van der Waals surface area contributed by atoms with Crippen molar-refractivity contribution >= 4 is 5.82 Å². The van der Waals surface area contributed by atoms with Crippen molar-refractivity contribution in [1.82, 2.24) is 20.1 Å². The lowest BCUT2D eigenvalue weighted by Crippen LogP contribution is -2.48. The molecule has 1 aromatic heterocycles. The summed E-state index contributed by atoms with van der Waals surface area (Å²) in [7, 11) is 4.77. The van der Waals surface area contributed by atoms with Gasteiger partial charge in [-0.1, -0.05) is 33.4 Å². The summed E-state index contributed by atoms with van der Waals surface area (Å²) in [6.07, 6.45) is 1.84. The molecule has 2 unspecified atom stereocenters. The molecule has 0 saturated carbocycles. The van der Waals surface area contributed by atoms with Crippen LogP contribution in [0, 0.1) is 5.92 Å². The van der Waals surface area contributed by atoms with Gasteiger partial charge in [-0.05, 0) is 49.2 Å². The van der Waals surface area contributed by atoms with E-state index in [1.54, 1.807) is 31.3 Å². The van der Waals surface area contributed by atoms with E-state index in [0.29, 0.717) is 36.3 Å². The van der Waals surface area contributed by atoms with E-state index in [1.807, 2.05) is 26.8 Å². The van der Waals surface area contributed by atoms with Crippen LogP contribution in [0.2, 0.25) is 0 Å². The Bertz CT molecular complexity index is 826. The molecule has 1 aliphatic heterocycles. The minimum atomic E-state index is -4.44. The number of likely N-dealkylation sites (N-methyl/N-ethyl adjacent to an activating group) is 2. The third-order valence-corrected chi connectivity index (χ3v) is 5.33. The van der Waals surface area contributed by atoms with Crippen LogP contribution in [-0.4, -0.2) is 66.4 Å². The van der Waals surface area contributed by atoms with Crippen LogP contribution in [0.15, 0.2) is 54.4 Å². The first kappa shape index (κ1) is 33.1. The molecule has 0 radical (unpaired) electrons. The summed E-state index contributed by atoms with van der Waals surface area (Å²) in [4.78, 5) is 6.91. The van der Waals surface area contributed by atoms with E-state index in [-0.39, 0.29) is 5.82 Å². The van der Waals surface area contributed by atoms with E-state index in [0.717, 1.165) is 35.9 Å². The van der Waals surface area contributed by atoms with Crippen LogP contribution in [0.4, 0.5) is 19.0 Å². The normalized spacial score (nSPS) is 16.0. The van der Waals surface area contributed by atoms with Crippen LogP contribution in [-0.2, 0) is 6.54 Å².